The summed E-state index contributed by atoms with van der Waals surface area (Å²) in [6.45, 7) is 1.35. The Hall–Kier alpha value is -2.39. The van der Waals surface area contributed by atoms with Crippen LogP contribution >= 0.6 is 0 Å². The monoisotopic (exact) mass is 418 g/mol. The number of ether oxygens (including phenoxy) is 1. The van der Waals surface area contributed by atoms with Crippen LogP contribution in [-0.2, 0) is 21.4 Å². The Morgan fingerprint density at radius 3 is 2.72 bits per heavy atom. The van der Waals surface area contributed by atoms with E-state index >= 15 is 0 Å². The summed E-state index contributed by atoms with van der Waals surface area (Å²) < 4.78 is 33.7. The van der Waals surface area contributed by atoms with Crippen LogP contribution in [-0.4, -0.2) is 58.6 Å². The Labute approximate surface area is 170 Å². The van der Waals surface area contributed by atoms with Crippen molar-refractivity contribution in [3.63, 3.8) is 0 Å². The lowest BCUT2D eigenvalue weighted by Crippen LogP contribution is -2.49. The van der Waals surface area contributed by atoms with Gasteiger partial charge in [-0.1, -0.05) is 30.3 Å². The Kier molecular flexibility index (Phi) is 5.86. The molecule has 0 spiro atoms. The molecule has 1 amide bonds. The summed E-state index contributed by atoms with van der Waals surface area (Å²) >= 11 is 0. The Bertz CT molecular complexity index is 917. The van der Waals surface area contributed by atoms with Crippen molar-refractivity contribution in [3.05, 3.63) is 54.1 Å². The molecule has 1 aromatic carbocycles. The molecule has 2 aliphatic heterocycles. The molecule has 9 heteroatoms. The smallest absolute Gasteiger partial charge is 0.410 e. The van der Waals surface area contributed by atoms with Gasteiger partial charge in [0.15, 0.2) is 0 Å². The average molecular weight is 419 g/mol. The number of carbonyl (C=O) groups excluding carboxylic acids is 1. The summed E-state index contributed by atoms with van der Waals surface area (Å²) in [7, 11) is -3.55. The second-order valence-electron chi connectivity index (χ2n) is 7.54. The molecule has 0 saturated carbocycles. The highest BCUT2D eigenvalue weighted by Gasteiger charge is 2.43. The SMILES string of the molecule is O=C(OCc1ccccc1)N1CCC[C@H](S(=O)(=O)N2CCC[C@H]2c2ncc[nH]2)C1. The lowest BCUT2D eigenvalue weighted by atomic mass is 10.1. The minimum Gasteiger partial charge on any atom is -0.445 e. The maximum atomic E-state index is 13.3. The van der Waals surface area contributed by atoms with Crippen LogP contribution < -0.4 is 0 Å². The van der Waals surface area contributed by atoms with Gasteiger partial charge in [0.25, 0.3) is 0 Å². The minimum absolute atomic E-state index is 0.164. The standard InChI is InChI=1S/C20H26N4O4S/c25-20(28-15-16-6-2-1-3-7-16)23-12-4-8-17(14-23)29(26,27)24-13-5-9-18(24)19-21-10-11-22-19/h1-3,6-7,10-11,17-18H,4-5,8-9,12-15H2,(H,21,22)/t17-,18-/m0/s1. The van der Waals surface area contributed by atoms with E-state index in [2.05, 4.69) is 9.97 Å². The molecule has 156 valence electrons. The third-order valence-corrected chi connectivity index (χ3v) is 7.95. The van der Waals surface area contributed by atoms with Crippen LogP contribution in [0.1, 0.15) is 43.1 Å². The number of aromatic nitrogens is 2. The summed E-state index contributed by atoms with van der Waals surface area (Å²) in [5, 5.41) is -0.615. The summed E-state index contributed by atoms with van der Waals surface area (Å²) in [5.41, 5.74) is 0.903. The number of aromatic amines is 1. The Morgan fingerprint density at radius 2 is 1.97 bits per heavy atom. The molecule has 1 N–H and O–H groups in total. The van der Waals surface area contributed by atoms with Crippen molar-refractivity contribution in [2.75, 3.05) is 19.6 Å². The molecule has 2 aliphatic rings. The highest BCUT2D eigenvalue weighted by molar-refractivity contribution is 7.89. The molecule has 29 heavy (non-hydrogen) atoms. The number of carbonyl (C=O) groups is 1. The molecule has 4 rings (SSSR count). The number of H-pyrrole nitrogens is 1. The highest BCUT2D eigenvalue weighted by atomic mass is 32.2. The summed E-state index contributed by atoms with van der Waals surface area (Å²) in [5.74, 6) is 0.681. The van der Waals surface area contributed by atoms with Crippen molar-refractivity contribution in [1.82, 2.24) is 19.2 Å². The number of imidazole rings is 1. The van der Waals surface area contributed by atoms with Crippen molar-refractivity contribution < 1.29 is 17.9 Å². The van der Waals surface area contributed by atoms with E-state index in [-0.39, 0.29) is 19.2 Å². The number of sulfonamides is 1. The largest absolute Gasteiger partial charge is 0.445 e. The molecule has 0 unspecified atom stereocenters. The van der Waals surface area contributed by atoms with Crippen molar-refractivity contribution >= 4 is 16.1 Å². The zero-order chi connectivity index (χ0) is 20.3. The van der Waals surface area contributed by atoms with Gasteiger partial charge in [-0.3, -0.25) is 0 Å². The fourth-order valence-electron chi connectivity index (χ4n) is 4.13. The summed E-state index contributed by atoms with van der Waals surface area (Å²) in [6, 6.07) is 9.20. The second-order valence-corrected chi connectivity index (χ2v) is 9.70. The van der Waals surface area contributed by atoms with Gasteiger partial charge >= 0.3 is 6.09 Å². The molecule has 3 heterocycles. The van der Waals surface area contributed by atoms with E-state index in [4.69, 9.17) is 4.74 Å². The van der Waals surface area contributed by atoms with E-state index < -0.39 is 21.4 Å². The van der Waals surface area contributed by atoms with Gasteiger partial charge in [0.1, 0.15) is 12.4 Å². The Balaban J connectivity index is 1.41. The van der Waals surface area contributed by atoms with Crippen LogP contribution in [0.5, 0.6) is 0 Å². The number of amides is 1. The number of nitrogens with one attached hydrogen (secondary N) is 1. The summed E-state index contributed by atoms with van der Waals surface area (Å²) in [4.78, 5) is 21.3. The van der Waals surface area contributed by atoms with Gasteiger partial charge in [0, 0.05) is 32.0 Å². The molecule has 2 atom stereocenters. The quantitative estimate of drug-likeness (QED) is 0.805. The van der Waals surface area contributed by atoms with Crippen LogP contribution in [0, 0.1) is 0 Å². The molecule has 0 bridgehead atoms. The fraction of sp³-hybridized carbons (Fsp3) is 0.500. The van der Waals surface area contributed by atoms with Crippen LogP contribution in [0.25, 0.3) is 0 Å². The molecule has 1 aromatic heterocycles. The molecule has 0 radical (unpaired) electrons. The predicted octanol–water partition coefficient (Wildman–Crippen LogP) is 2.68. The third kappa shape index (κ3) is 4.30. The van der Waals surface area contributed by atoms with Gasteiger partial charge < -0.3 is 14.6 Å². The van der Waals surface area contributed by atoms with Crippen molar-refractivity contribution in [1.29, 1.82) is 0 Å². The maximum absolute atomic E-state index is 13.3. The topological polar surface area (TPSA) is 95.6 Å². The van der Waals surface area contributed by atoms with E-state index in [9.17, 15) is 13.2 Å². The minimum atomic E-state index is -3.55. The fourth-order valence-corrected chi connectivity index (χ4v) is 6.29. The predicted molar refractivity (Wildman–Crippen MR) is 107 cm³/mol. The lowest BCUT2D eigenvalue weighted by molar-refractivity contribution is 0.0896. The molecule has 2 fully saturated rings. The number of hydrogen-bond acceptors (Lipinski definition) is 5. The molecule has 0 aliphatic carbocycles. The average Bonchev–Trinajstić information content (AvgIpc) is 3.44. The van der Waals surface area contributed by atoms with Crippen LogP contribution in [0.15, 0.2) is 42.7 Å². The lowest BCUT2D eigenvalue weighted by Gasteiger charge is -2.35. The van der Waals surface area contributed by atoms with Crippen molar-refractivity contribution in [3.8, 4) is 0 Å². The molecule has 2 saturated heterocycles. The van der Waals surface area contributed by atoms with E-state index in [1.54, 1.807) is 16.7 Å². The van der Waals surface area contributed by atoms with E-state index in [1.807, 2.05) is 30.3 Å². The molecular weight excluding hydrogens is 392 g/mol. The van der Waals surface area contributed by atoms with Gasteiger partial charge in [0.05, 0.1) is 11.3 Å². The number of benzene rings is 1. The van der Waals surface area contributed by atoms with Gasteiger partial charge in [0.2, 0.25) is 10.0 Å². The number of hydrogen-bond donors (Lipinski definition) is 1. The maximum Gasteiger partial charge on any atom is 0.410 e. The summed E-state index contributed by atoms with van der Waals surface area (Å²) in [6.07, 6.45) is 5.64. The number of rotatable bonds is 5. The van der Waals surface area contributed by atoms with Gasteiger partial charge in [-0.25, -0.2) is 18.2 Å². The van der Waals surface area contributed by atoms with E-state index in [1.165, 1.54) is 4.90 Å². The zero-order valence-electron chi connectivity index (χ0n) is 16.2. The van der Waals surface area contributed by atoms with Crippen molar-refractivity contribution in [2.24, 2.45) is 0 Å². The van der Waals surface area contributed by atoms with Crippen LogP contribution in [0.3, 0.4) is 0 Å². The zero-order valence-corrected chi connectivity index (χ0v) is 17.1. The Morgan fingerprint density at radius 1 is 1.17 bits per heavy atom. The normalized spacial score (nSPS) is 23.2. The first-order valence-electron chi connectivity index (χ1n) is 10.0. The second kappa shape index (κ2) is 8.54. The molecule has 2 aromatic rings. The number of piperidine rings is 1. The van der Waals surface area contributed by atoms with E-state index in [0.717, 1.165) is 18.4 Å². The van der Waals surface area contributed by atoms with Crippen LogP contribution in [0.4, 0.5) is 4.79 Å². The third-order valence-electron chi connectivity index (χ3n) is 5.63. The first kappa shape index (κ1) is 19.9. The molecule has 8 nitrogen and oxygen atoms in total. The van der Waals surface area contributed by atoms with Gasteiger partial charge in [-0.2, -0.15) is 4.31 Å². The molecular formula is C20H26N4O4S. The highest BCUT2D eigenvalue weighted by Crippen LogP contribution is 2.35. The van der Waals surface area contributed by atoms with Gasteiger partial charge in [-0.05, 0) is 31.2 Å². The number of likely N-dealkylation sites (tertiary alicyclic amines) is 1. The van der Waals surface area contributed by atoms with E-state index in [0.29, 0.717) is 31.8 Å². The number of nitrogens with zero attached hydrogens (tertiary/aromatic N) is 3. The first-order chi connectivity index (χ1) is 14.1. The van der Waals surface area contributed by atoms with Crippen molar-refractivity contribution in [2.45, 2.75) is 43.6 Å². The first-order valence-corrected chi connectivity index (χ1v) is 11.5. The van der Waals surface area contributed by atoms with Crippen LogP contribution in [0.2, 0.25) is 0 Å². The van der Waals surface area contributed by atoms with Gasteiger partial charge in [-0.15, -0.1) is 0 Å².